The van der Waals surface area contributed by atoms with Gasteiger partial charge in [0, 0.05) is 0 Å². The Hall–Kier alpha value is -3.00. The number of aryl methyl sites for hydroxylation is 4. The first kappa shape index (κ1) is 35.4. The van der Waals surface area contributed by atoms with Gasteiger partial charge in [0.05, 0.1) is 0 Å². The number of hydrogen-bond donors (Lipinski definition) is 0. The van der Waals surface area contributed by atoms with E-state index in [1.165, 1.54) is 99.5 Å². The third-order valence-electron chi connectivity index (χ3n) is 13.9. The molecule has 0 heterocycles. The Morgan fingerprint density at radius 3 is 1.33 bits per heavy atom. The summed E-state index contributed by atoms with van der Waals surface area (Å²) in [5.74, 6) is -1.68. The van der Waals surface area contributed by atoms with E-state index >= 15 is 0 Å². The Morgan fingerprint density at radius 2 is 0.926 bits per heavy atom. The van der Waals surface area contributed by atoms with Crippen molar-refractivity contribution in [3.63, 3.8) is 0 Å². The SMILES string of the molecule is CCCC1=Cc2c(-c3ccc4c5c(cccc35)CC4)cccc2[CH]1[Zr]([Cl])([Cl])([CH]1C(CCC)=Cc2c(-c3ccc4c5c(cccc35)CC4)cccc21)[SiH](C)C. The Labute approximate surface area is 330 Å². The number of allylic oxidation sites excluding steroid dienone is 2. The van der Waals surface area contributed by atoms with Crippen molar-refractivity contribution in [3.05, 3.63) is 153 Å². The molecule has 4 aliphatic carbocycles. The van der Waals surface area contributed by atoms with Gasteiger partial charge >= 0.3 is 333 Å². The fourth-order valence-electron chi connectivity index (χ4n) is 11.5. The molecule has 0 spiro atoms. The zero-order chi connectivity index (χ0) is 37.0. The average molecular weight is 840 g/mol. The number of hydrogen-bond acceptors (Lipinski definition) is 0. The molecule has 0 saturated heterocycles. The second kappa shape index (κ2) is 13.0. The van der Waals surface area contributed by atoms with Crippen LogP contribution in [-0.4, -0.2) is 5.92 Å². The molecule has 0 N–H and O–H groups in total. The van der Waals surface area contributed by atoms with Crippen LogP contribution in [0.5, 0.6) is 0 Å². The Bertz CT molecular complexity index is 2430. The summed E-state index contributed by atoms with van der Waals surface area (Å²) < 4.78 is 0.203. The van der Waals surface area contributed by atoms with Crippen LogP contribution in [0.3, 0.4) is 0 Å². The Balaban J connectivity index is 1.18. The molecule has 4 heteroatoms. The van der Waals surface area contributed by atoms with Crippen LogP contribution in [0.1, 0.15) is 91.3 Å². The van der Waals surface area contributed by atoms with Gasteiger partial charge in [-0.25, -0.2) is 0 Å². The van der Waals surface area contributed by atoms with Crippen molar-refractivity contribution in [2.24, 2.45) is 0 Å². The summed E-state index contributed by atoms with van der Waals surface area (Å²) >= 11 is -4.93. The fraction of sp³-hybridized carbons (Fsp3) is 0.280. The molecule has 6 aromatic rings. The minimum atomic E-state index is -4.93. The van der Waals surface area contributed by atoms with E-state index < -0.39 is 21.5 Å². The zero-order valence-corrected chi connectivity index (χ0v) is 37.2. The molecule has 0 bridgehead atoms. The first-order chi connectivity index (χ1) is 26.2. The molecule has 0 amide bonds. The van der Waals surface area contributed by atoms with Crippen molar-refractivity contribution in [1.82, 2.24) is 0 Å². The number of fused-ring (bicyclic) bond motifs is 2. The summed E-state index contributed by atoms with van der Waals surface area (Å²) in [5, 5.41) is 5.72. The number of benzene rings is 6. The van der Waals surface area contributed by atoms with E-state index in [1.54, 1.807) is 0 Å². The molecule has 2 unspecified atom stereocenters. The maximum absolute atomic E-state index is 8.90. The van der Waals surface area contributed by atoms with Crippen LogP contribution in [0, 0.1) is 0 Å². The van der Waals surface area contributed by atoms with Gasteiger partial charge in [-0.3, -0.25) is 0 Å². The fourth-order valence-corrected chi connectivity index (χ4v) is 43.0. The molecule has 271 valence electrons. The number of rotatable bonds is 9. The molecular formula is C50H49Cl2SiZr. The Kier molecular flexibility index (Phi) is 8.54. The third-order valence-corrected chi connectivity index (χ3v) is 65.8. The first-order valence-electron chi connectivity index (χ1n) is 20.5. The van der Waals surface area contributed by atoms with E-state index in [2.05, 4.69) is 136 Å². The summed E-state index contributed by atoms with van der Waals surface area (Å²) in [6, 6.07) is 37.6. The van der Waals surface area contributed by atoms with Gasteiger partial charge in [-0.05, 0) is 0 Å². The molecule has 2 atom stereocenters. The van der Waals surface area contributed by atoms with E-state index in [9.17, 15) is 0 Å². The molecule has 0 aromatic heterocycles. The van der Waals surface area contributed by atoms with Crippen molar-refractivity contribution in [2.75, 3.05) is 0 Å². The van der Waals surface area contributed by atoms with Crippen LogP contribution in [0.25, 0.3) is 56.0 Å². The molecular weight excluding hydrogens is 791 g/mol. The molecule has 10 rings (SSSR count). The standard InChI is InChI=1S/2C24H21.C2H7Si.2ClH.Zr/c2*1-2-5-16-14-19-7-4-8-20(23(19)15-16)21-13-12-18-11-10-17-6-3-9-22(21)24(17)18;1-3-2;;;/h2*3-4,6-9,12-15H,2,5,10-11H2,1H3;3H,1-2H3;2*1H;/q;;;;;+2/p-2. The number of halogens is 2. The van der Waals surface area contributed by atoms with Crippen molar-refractivity contribution in [2.45, 2.75) is 85.6 Å². The predicted octanol–water partition coefficient (Wildman–Crippen LogP) is 14.7. The molecule has 54 heavy (non-hydrogen) atoms. The zero-order valence-electron chi connectivity index (χ0n) is 32.0. The van der Waals surface area contributed by atoms with Gasteiger partial charge in [0.2, 0.25) is 0 Å². The van der Waals surface area contributed by atoms with E-state index in [0.717, 1.165) is 51.4 Å². The molecule has 4 aliphatic rings. The summed E-state index contributed by atoms with van der Waals surface area (Å²) in [6.45, 7) is 9.63. The van der Waals surface area contributed by atoms with E-state index in [1.807, 2.05) is 0 Å². The van der Waals surface area contributed by atoms with Crippen LogP contribution in [-0.2, 0) is 41.2 Å². The van der Waals surface area contributed by atoms with Gasteiger partial charge in [0.15, 0.2) is 0 Å². The molecule has 0 fully saturated rings. The summed E-state index contributed by atoms with van der Waals surface area (Å²) in [4.78, 5) is 0. The van der Waals surface area contributed by atoms with Crippen LogP contribution >= 0.6 is 17.0 Å². The molecule has 0 aliphatic heterocycles. The molecule has 0 nitrogen and oxygen atoms in total. The van der Waals surface area contributed by atoms with Gasteiger partial charge in [0.25, 0.3) is 0 Å². The average Bonchev–Trinajstić information content (AvgIpc) is 3.97. The topological polar surface area (TPSA) is 0 Å². The van der Waals surface area contributed by atoms with Gasteiger partial charge in [-0.2, -0.15) is 0 Å². The third kappa shape index (κ3) is 4.95. The van der Waals surface area contributed by atoms with Crippen LogP contribution < -0.4 is 0 Å². The Morgan fingerprint density at radius 1 is 0.519 bits per heavy atom. The van der Waals surface area contributed by atoms with Gasteiger partial charge in [-0.1, -0.05) is 0 Å². The van der Waals surface area contributed by atoms with Gasteiger partial charge in [-0.15, -0.1) is 0 Å². The molecule has 0 saturated carbocycles. The van der Waals surface area contributed by atoms with Crippen molar-refractivity contribution >= 4 is 56.6 Å². The van der Waals surface area contributed by atoms with Crippen molar-refractivity contribution < 1.29 is 15.6 Å². The quantitative estimate of drug-likeness (QED) is 0.127. The van der Waals surface area contributed by atoms with Gasteiger partial charge < -0.3 is 0 Å². The second-order valence-corrected chi connectivity index (χ2v) is 59.5. The second-order valence-electron chi connectivity index (χ2n) is 17.0. The monoisotopic (exact) mass is 837 g/mol. The van der Waals surface area contributed by atoms with E-state index in [0.29, 0.717) is 0 Å². The summed E-state index contributed by atoms with van der Waals surface area (Å²) in [5.41, 5.74) is 19.8. The summed E-state index contributed by atoms with van der Waals surface area (Å²) in [6.07, 6.45) is 13.9. The van der Waals surface area contributed by atoms with Crippen LogP contribution in [0.15, 0.2) is 108 Å². The van der Waals surface area contributed by atoms with E-state index in [4.69, 9.17) is 17.0 Å². The normalized spacial score (nSPS) is 19.0. The van der Waals surface area contributed by atoms with Crippen LogP contribution in [0.2, 0.25) is 13.1 Å². The summed E-state index contributed by atoms with van der Waals surface area (Å²) in [7, 11) is 17.8. The predicted molar refractivity (Wildman–Crippen MR) is 235 cm³/mol. The van der Waals surface area contributed by atoms with Crippen molar-refractivity contribution in [3.8, 4) is 22.3 Å². The van der Waals surface area contributed by atoms with Crippen molar-refractivity contribution in [1.29, 1.82) is 0 Å². The van der Waals surface area contributed by atoms with Gasteiger partial charge in [0.1, 0.15) is 0 Å². The molecule has 6 aromatic carbocycles. The van der Waals surface area contributed by atoms with E-state index in [-0.39, 0.29) is 7.25 Å². The minimum absolute atomic E-state index is 0.102. The maximum atomic E-state index is 8.90. The first-order valence-corrected chi connectivity index (χ1v) is 36.9. The molecule has 0 radical (unpaired) electrons. The van der Waals surface area contributed by atoms with Crippen LogP contribution in [0.4, 0.5) is 0 Å².